The highest BCUT2D eigenvalue weighted by Crippen LogP contribution is 2.54. The van der Waals surface area contributed by atoms with E-state index in [0.717, 1.165) is 31.3 Å². The quantitative estimate of drug-likeness (QED) is 0.785. The zero-order valence-corrected chi connectivity index (χ0v) is 16.0. The highest BCUT2D eigenvalue weighted by atomic mass is 16.5. The van der Waals surface area contributed by atoms with E-state index >= 15 is 0 Å². The Kier molecular flexibility index (Phi) is 5.09. The lowest BCUT2D eigenvalue weighted by Gasteiger charge is -2.58. The zero-order chi connectivity index (χ0) is 17.4. The third kappa shape index (κ3) is 3.02. The van der Waals surface area contributed by atoms with Gasteiger partial charge in [-0.3, -0.25) is 14.6 Å². The predicted octanol–water partition coefficient (Wildman–Crippen LogP) is 1.87. The highest BCUT2D eigenvalue weighted by Gasteiger charge is 2.55. The van der Waals surface area contributed by atoms with E-state index in [-0.39, 0.29) is 12.0 Å². The summed E-state index contributed by atoms with van der Waals surface area (Å²) < 4.78 is 5.03. The van der Waals surface area contributed by atoms with E-state index in [1.54, 1.807) is 0 Å². The Hall–Kier alpha value is -0.650. The number of hydrogen-bond acceptors (Lipinski definition) is 5. The van der Waals surface area contributed by atoms with Gasteiger partial charge in [0, 0.05) is 18.6 Å². The van der Waals surface area contributed by atoms with Gasteiger partial charge < -0.3 is 10.1 Å². The normalized spacial score (nSPS) is 40.5. The van der Waals surface area contributed by atoms with E-state index in [2.05, 4.69) is 22.0 Å². The Morgan fingerprint density at radius 1 is 1.24 bits per heavy atom. The summed E-state index contributed by atoms with van der Waals surface area (Å²) in [5.41, 5.74) is 0.612. The number of nitrogens with zero attached hydrogens (tertiary/aromatic N) is 2. The molecule has 142 valence electrons. The van der Waals surface area contributed by atoms with Gasteiger partial charge in [0.15, 0.2) is 0 Å². The summed E-state index contributed by atoms with van der Waals surface area (Å²) in [5.74, 6) is 0.856. The molecule has 1 N–H and O–H groups in total. The highest BCUT2D eigenvalue weighted by molar-refractivity contribution is 5.76. The van der Waals surface area contributed by atoms with Crippen LogP contribution in [0.3, 0.4) is 0 Å². The number of esters is 1. The molecule has 3 aliphatic heterocycles. The second-order valence-corrected chi connectivity index (χ2v) is 8.76. The first-order valence-electron chi connectivity index (χ1n) is 10.5. The van der Waals surface area contributed by atoms with Crippen LogP contribution in [0.4, 0.5) is 0 Å². The fraction of sp³-hybridized carbons (Fsp3) is 0.950. The molecule has 0 bridgehead atoms. The van der Waals surface area contributed by atoms with Crippen LogP contribution in [0.5, 0.6) is 0 Å². The van der Waals surface area contributed by atoms with E-state index in [4.69, 9.17) is 4.74 Å². The second-order valence-electron chi connectivity index (χ2n) is 8.76. The van der Waals surface area contributed by atoms with E-state index in [1.807, 2.05) is 0 Å². The van der Waals surface area contributed by atoms with Crippen LogP contribution in [-0.4, -0.2) is 73.7 Å². The van der Waals surface area contributed by atoms with Crippen LogP contribution in [0.25, 0.3) is 0 Å². The first kappa shape index (κ1) is 17.7. The number of methoxy groups -OCH3 is 1. The van der Waals surface area contributed by atoms with Crippen LogP contribution in [0.15, 0.2) is 0 Å². The van der Waals surface area contributed by atoms with Gasteiger partial charge in [0.05, 0.1) is 7.11 Å². The monoisotopic (exact) mass is 349 g/mol. The third-order valence-electron chi connectivity index (χ3n) is 7.79. The number of likely N-dealkylation sites (tertiary alicyclic amines) is 2. The Balaban J connectivity index is 1.32. The Morgan fingerprint density at radius 3 is 2.68 bits per heavy atom. The van der Waals surface area contributed by atoms with Crippen molar-refractivity contribution in [3.05, 3.63) is 0 Å². The Morgan fingerprint density at radius 2 is 2.04 bits per heavy atom. The fourth-order valence-corrected chi connectivity index (χ4v) is 6.46. The van der Waals surface area contributed by atoms with Gasteiger partial charge in [-0.05, 0) is 76.0 Å². The van der Waals surface area contributed by atoms with Crippen molar-refractivity contribution >= 4 is 5.97 Å². The number of nitrogens with one attached hydrogen (secondary N) is 1. The average molecular weight is 350 g/mol. The maximum atomic E-state index is 12.0. The molecule has 3 unspecified atom stereocenters. The van der Waals surface area contributed by atoms with E-state index < -0.39 is 0 Å². The largest absolute Gasteiger partial charge is 0.468 e. The minimum atomic E-state index is -0.0272. The molecule has 0 aromatic carbocycles. The molecule has 3 heterocycles. The van der Waals surface area contributed by atoms with E-state index in [1.165, 1.54) is 65.4 Å². The van der Waals surface area contributed by atoms with Gasteiger partial charge in [-0.15, -0.1) is 0 Å². The number of carbonyl (C=O) groups excluding carboxylic acids is 1. The van der Waals surface area contributed by atoms with Crippen LogP contribution < -0.4 is 5.32 Å². The molecule has 0 amide bonds. The number of ether oxygens (including phenoxy) is 1. The smallest absolute Gasteiger partial charge is 0.323 e. The number of hydrogen-bond donors (Lipinski definition) is 1. The molecule has 1 aliphatic carbocycles. The van der Waals surface area contributed by atoms with Crippen molar-refractivity contribution in [1.82, 2.24) is 15.1 Å². The molecule has 0 radical (unpaired) electrons. The summed E-state index contributed by atoms with van der Waals surface area (Å²) in [4.78, 5) is 17.3. The van der Waals surface area contributed by atoms with Gasteiger partial charge in [-0.2, -0.15) is 0 Å². The Bertz CT molecular complexity index is 483. The maximum absolute atomic E-state index is 12.0. The number of rotatable bonds is 4. The molecule has 1 spiro atoms. The topological polar surface area (TPSA) is 44.8 Å². The molecular weight excluding hydrogens is 314 g/mol. The number of piperidine rings is 1. The molecule has 4 rings (SSSR count). The molecule has 4 fully saturated rings. The van der Waals surface area contributed by atoms with Gasteiger partial charge in [0.2, 0.25) is 0 Å². The molecule has 4 aliphatic rings. The summed E-state index contributed by atoms with van der Waals surface area (Å²) in [6.07, 6.45) is 8.64. The Labute approximate surface area is 152 Å². The summed E-state index contributed by atoms with van der Waals surface area (Å²) in [6, 6.07) is 1.40. The molecule has 25 heavy (non-hydrogen) atoms. The summed E-state index contributed by atoms with van der Waals surface area (Å²) in [5, 5.41) is 3.60. The van der Waals surface area contributed by atoms with Crippen LogP contribution in [0.1, 0.15) is 51.9 Å². The first-order chi connectivity index (χ1) is 12.2. The summed E-state index contributed by atoms with van der Waals surface area (Å²) >= 11 is 0. The second kappa shape index (κ2) is 7.16. The van der Waals surface area contributed by atoms with Crippen molar-refractivity contribution in [3.8, 4) is 0 Å². The van der Waals surface area contributed by atoms with Crippen molar-refractivity contribution in [3.63, 3.8) is 0 Å². The lowest BCUT2D eigenvalue weighted by Crippen LogP contribution is -2.62. The molecule has 1 saturated carbocycles. The molecule has 5 heteroatoms. The van der Waals surface area contributed by atoms with E-state index in [9.17, 15) is 4.79 Å². The van der Waals surface area contributed by atoms with Crippen molar-refractivity contribution in [1.29, 1.82) is 0 Å². The average Bonchev–Trinajstić information content (AvgIpc) is 3.30. The van der Waals surface area contributed by atoms with Gasteiger partial charge in [-0.1, -0.05) is 13.3 Å². The molecule has 0 aromatic heterocycles. The zero-order valence-electron chi connectivity index (χ0n) is 16.0. The molecule has 0 aromatic rings. The van der Waals surface area contributed by atoms with Crippen molar-refractivity contribution in [2.24, 2.45) is 11.3 Å². The first-order valence-corrected chi connectivity index (χ1v) is 10.5. The SMILES string of the molecule is CCC1C(N2CCC(N3CCC[C@@H]3C(=O)OC)CC2)CC12CCNC2. The van der Waals surface area contributed by atoms with Crippen LogP contribution >= 0.6 is 0 Å². The van der Waals surface area contributed by atoms with Gasteiger partial charge >= 0.3 is 5.97 Å². The van der Waals surface area contributed by atoms with Gasteiger partial charge in [-0.25, -0.2) is 0 Å². The summed E-state index contributed by atoms with van der Waals surface area (Å²) in [7, 11) is 1.52. The minimum Gasteiger partial charge on any atom is -0.468 e. The van der Waals surface area contributed by atoms with Crippen molar-refractivity contribution in [2.45, 2.75) is 70.0 Å². The minimum absolute atomic E-state index is 0.0153. The van der Waals surface area contributed by atoms with Crippen LogP contribution in [-0.2, 0) is 9.53 Å². The summed E-state index contributed by atoms with van der Waals surface area (Å²) in [6.45, 7) is 8.33. The van der Waals surface area contributed by atoms with Crippen LogP contribution in [0, 0.1) is 11.3 Å². The third-order valence-corrected chi connectivity index (χ3v) is 7.79. The van der Waals surface area contributed by atoms with Crippen molar-refractivity contribution in [2.75, 3.05) is 39.8 Å². The van der Waals surface area contributed by atoms with Crippen molar-refractivity contribution < 1.29 is 9.53 Å². The maximum Gasteiger partial charge on any atom is 0.323 e. The van der Waals surface area contributed by atoms with Gasteiger partial charge in [0.1, 0.15) is 6.04 Å². The molecule has 4 atom stereocenters. The van der Waals surface area contributed by atoms with Gasteiger partial charge in [0.25, 0.3) is 0 Å². The molecular formula is C20H35N3O2. The fourth-order valence-electron chi connectivity index (χ4n) is 6.46. The predicted molar refractivity (Wildman–Crippen MR) is 98.4 cm³/mol. The molecule has 3 saturated heterocycles. The number of carbonyl (C=O) groups is 1. The standard InChI is InChI=1S/C20H35N3O2/c1-3-16-18(13-20(16)8-9-21-14-20)22-11-6-15(7-12-22)23-10-4-5-17(23)19(24)25-2/h15-18,21H,3-14H2,1-2H3/t16?,17-,18?,20?/m1/s1. The van der Waals surface area contributed by atoms with Crippen LogP contribution in [0.2, 0.25) is 0 Å². The lowest BCUT2D eigenvalue weighted by atomic mass is 9.54. The molecule has 5 nitrogen and oxygen atoms in total. The van der Waals surface area contributed by atoms with E-state index in [0.29, 0.717) is 11.5 Å². The lowest BCUT2D eigenvalue weighted by molar-refractivity contribution is -0.147.